The lowest BCUT2D eigenvalue weighted by molar-refractivity contribution is -0.191. The summed E-state index contributed by atoms with van der Waals surface area (Å²) in [6, 6.07) is 0. The third kappa shape index (κ3) is 187. The highest BCUT2D eigenvalue weighted by Gasteiger charge is 2.32. The maximum absolute atomic E-state index is 11.1. The van der Waals surface area contributed by atoms with Gasteiger partial charge >= 0.3 is 71.6 Å². The van der Waals surface area contributed by atoms with Crippen molar-refractivity contribution in [3.63, 3.8) is 0 Å². The number of rotatable bonds is 27. The fraction of sp³-hybridized carbons (Fsp3) is 0.846. The molecule has 0 saturated carbocycles. The number of carbonyl (C=O) groups is 12. The molecule has 2 aliphatic rings. The van der Waals surface area contributed by atoms with Crippen LogP contribution in [0.25, 0.3) is 0 Å². The van der Waals surface area contributed by atoms with Crippen LogP contribution in [0, 0.1) is 0 Å². The second-order valence-electron chi connectivity index (χ2n) is 15.0. The van der Waals surface area contributed by atoms with Crippen molar-refractivity contribution in [2.75, 3.05) is 147 Å². The molecule has 36 heteroatoms. The van der Waals surface area contributed by atoms with Crippen LogP contribution in [-0.4, -0.2) is 295 Å². The highest BCUT2D eigenvalue weighted by atomic mass is 16.7. The minimum atomic E-state index is -1.35. The zero-order valence-electron chi connectivity index (χ0n) is 48.2. The largest absolute Gasteiger partial charge is 0.466 e. The van der Waals surface area contributed by atoms with E-state index in [0.717, 1.165) is 19.3 Å². The molecule has 36 nitrogen and oxygen atoms in total. The number of hydrogen-bond acceptors (Lipinski definition) is 36. The predicted octanol–water partition coefficient (Wildman–Crippen LogP) is 12.9. The van der Waals surface area contributed by atoms with Gasteiger partial charge in [0.15, 0.2) is 32.0 Å². The molecule has 5 atom stereocenters. The Morgan fingerprint density at radius 3 is 0.702 bits per heavy atom. The van der Waals surface area contributed by atoms with Gasteiger partial charge in [0, 0.05) is 27.8 Å². The van der Waals surface area contributed by atoms with Gasteiger partial charge in [-0.1, -0.05) is 223 Å². The normalized spacial score (nSPS) is 10.7. The van der Waals surface area contributed by atoms with E-state index in [1.165, 1.54) is 48.8 Å². The van der Waals surface area contributed by atoms with E-state index in [-0.39, 0.29) is 295 Å². The molecule has 0 radical (unpaired) electrons. The summed E-state index contributed by atoms with van der Waals surface area (Å²) < 4.78 is 67.6. The van der Waals surface area contributed by atoms with Gasteiger partial charge in [0.2, 0.25) is 0 Å². The van der Waals surface area contributed by atoms with Gasteiger partial charge in [-0.3, -0.25) is 4.79 Å². The number of esters is 12. The predicted molar refractivity (Wildman–Crippen MR) is 474 cm³/mol. The molecule has 9 N–H and O–H groups in total. The lowest BCUT2D eigenvalue weighted by Gasteiger charge is -2.22. The smallest absolute Gasteiger partial charge is 0.347 e. The monoisotopic (exact) mass is 1720 g/mol. The van der Waals surface area contributed by atoms with Crippen LogP contribution in [0.4, 0.5) is 0 Å². The number of aliphatic hydroxyl groups excluding tert-OH is 9. The van der Waals surface area contributed by atoms with Gasteiger partial charge in [-0.15, -0.1) is 0 Å². The highest BCUT2D eigenvalue weighted by molar-refractivity contribution is 5.87. The van der Waals surface area contributed by atoms with Crippen LogP contribution in [0.2, 0.25) is 0 Å². The van der Waals surface area contributed by atoms with Crippen molar-refractivity contribution in [2.45, 2.75) is 314 Å². The van der Waals surface area contributed by atoms with E-state index in [1.807, 2.05) is 0 Å². The molecule has 2 aliphatic heterocycles. The zero-order chi connectivity index (χ0) is 65.7. The van der Waals surface area contributed by atoms with Crippen molar-refractivity contribution in [3.05, 3.63) is 0 Å². The van der Waals surface area contributed by atoms with Crippen molar-refractivity contribution in [1.82, 2.24) is 0 Å². The summed E-state index contributed by atoms with van der Waals surface area (Å²) in [6.45, 7) is 3.85. The average Bonchev–Trinajstić information content (AvgIpc) is 0.926. The summed E-state index contributed by atoms with van der Waals surface area (Å²) in [4.78, 5) is 128. The standard InChI is InChI=1S/C12H18O10.C8H14O6.C6H10O6.C6H8O4.C6H10O2.C5H10O4.C3H8O2.C2H6O2.30CH4/c1-7(13)11(17)21-5-9(15)19-3-4-20-10(16)6-22-12(18)8(2)14;1-6(9)8(11)14-5-7(10)13-4-3-12-2;7-3-5(9)11-1-2-12-6(10)4-8;1-3-5(7)10-4(2)6(8)9-3;7-6-4-2-1-3-5-8-6;1-8-2-3-9-5(7)4-6;1-5-3-2-4;3-1-2-4;;;;;;;;;;;;;;;;;;;;;;;;;;;;;;/h7-8,13-14H,3-6H2,1-2H3;6,9H,3-5H2,1-2H3;7-8H,1-4H2;3-4H,1-2H3;1-5H2;6H,2-4H2,1H3;4H,2-3H2,1H3;3-4H,1-2H2;30*1H4. The summed E-state index contributed by atoms with van der Waals surface area (Å²) >= 11 is 0. The van der Waals surface area contributed by atoms with Gasteiger partial charge in [0.1, 0.15) is 77.8 Å². The van der Waals surface area contributed by atoms with E-state index >= 15 is 0 Å². The second kappa shape index (κ2) is 174. The minimum Gasteiger partial charge on any atom is -0.466 e. The number of cyclic esters (lactones) is 3. The van der Waals surface area contributed by atoms with Gasteiger partial charge in [-0.25, -0.2) is 52.7 Å². The Balaban J connectivity index is -0.0000000178. The Hall–Kier alpha value is -6.84. The topological polar surface area (TPSA) is 525 Å². The lowest BCUT2D eigenvalue weighted by Crippen LogP contribution is -2.40. The number of hydrogen-bond donors (Lipinski definition) is 9. The number of carbonyl (C=O) groups excluding carboxylic acids is 12. The van der Waals surface area contributed by atoms with Crippen molar-refractivity contribution < 1.29 is 175 Å². The lowest BCUT2D eigenvalue weighted by atomic mass is 10.2. The molecule has 0 aromatic rings. The van der Waals surface area contributed by atoms with Gasteiger partial charge < -0.3 is 117 Å². The summed E-state index contributed by atoms with van der Waals surface area (Å²) in [5.74, 6) is -8.40. The first kappa shape index (κ1) is 238. The molecule has 0 aromatic carbocycles. The minimum absolute atomic E-state index is 0. The molecular weight excluding hydrogens is 1510 g/mol. The van der Waals surface area contributed by atoms with Crippen molar-refractivity contribution in [2.24, 2.45) is 0 Å². The van der Waals surface area contributed by atoms with E-state index < -0.39 is 136 Å². The molecule has 0 spiro atoms. The Labute approximate surface area is 704 Å². The van der Waals surface area contributed by atoms with Crippen LogP contribution in [0.5, 0.6) is 0 Å². The maximum Gasteiger partial charge on any atom is 0.347 e. The highest BCUT2D eigenvalue weighted by Crippen LogP contribution is 2.09. The number of ether oxygens (including phenoxy) is 15. The molecule has 0 aliphatic carbocycles. The fourth-order valence-corrected chi connectivity index (χ4v) is 3.65. The van der Waals surface area contributed by atoms with Crippen molar-refractivity contribution >= 4 is 71.6 Å². The van der Waals surface area contributed by atoms with E-state index in [1.54, 1.807) is 7.11 Å². The second-order valence-corrected chi connectivity index (χ2v) is 15.0. The Bertz CT molecular complexity index is 1700. The van der Waals surface area contributed by atoms with Crippen LogP contribution < -0.4 is 0 Å². The summed E-state index contributed by atoms with van der Waals surface area (Å²) in [5.41, 5.74) is 0. The molecule has 0 bridgehead atoms. The zero-order valence-corrected chi connectivity index (χ0v) is 48.2. The third-order valence-electron chi connectivity index (χ3n) is 7.66. The summed E-state index contributed by atoms with van der Waals surface area (Å²) in [5, 5.41) is 73.9. The molecule has 2 fully saturated rings. The molecule has 2 rings (SSSR count). The van der Waals surface area contributed by atoms with Gasteiger partial charge in [-0.05, 0) is 53.9 Å². The maximum atomic E-state index is 11.1. The van der Waals surface area contributed by atoms with Crippen LogP contribution in [0.15, 0.2) is 0 Å². The SMILES string of the molecule is C.C.C.C.C.C.C.C.C.C.C.C.C.C.C.C.C.C.C.C.C.C.C.C.C.C.C.C.C.C.CC(O)C(=O)OCC(=O)OCCOC(=O)COC(=O)C(C)O.CC1OC(=O)C(C)OC1=O.COCCO.COCCOC(=O)CO.COCCOC(=O)COC(=O)C(C)O.O=C(CO)OCCOC(=O)CO.O=C1CCCCCO1.OCCO. The summed E-state index contributed by atoms with van der Waals surface area (Å²) in [7, 11) is 4.53. The van der Waals surface area contributed by atoms with Crippen LogP contribution >= 0.6 is 0 Å². The molecule has 2 saturated heterocycles. The van der Waals surface area contributed by atoms with Gasteiger partial charge in [-0.2, -0.15) is 0 Å². The van der Waals surface area contributed by atoms with Gasteiger partial charge in [0.05, 0.1) is 46.2 Å². The molecule has 0 aromatic heterocycles. The van der Waals surface area contributed by atoms with Crippen LogP contribution in [0.3, 0.4) is 0 Å². The third-order valence-corrected chi connectivity index (χ3v) is 7.66. The van der Waals surface area contributed by atoms with E-state index in [4.69, 9.17) is 50.7 Å². The van der Waals surface area contributed by atoms with E-state index in [2.05, 4.69) is 66.3 Å². The molecular formula is C78H204O36. The Kier molecular flexibility index (Phi) is 364. The van der Waals surface area contributed by atoms with Crippen LogP contribution in [-0.2, 0) is 129 Å². The molecule has 732 valence electrons. The van der Waals surface area contributed by atoms with Crippen molar-refractivity contribution in [1.29, 1.82) is 0 Å². The Morgan fingerprint density at radius 1 is 0.316 bits per heavy atom. The Morgan fingerprint density at radius 2 is 0.526 bits per heavy atom. The average molecular weight is 1720 g/mol. The summed E-state index contributed by atoms with van der Waals surface area (Å²) in [6.07, 6.45) is -1.60. The molecule has 0 amide bonds. The molecule has 5 unspecified atom stereocenters. The van der Waals surface area contributed by atoms with Gasteiger partial charge in [0.25, 0.3) is 0 Å². The molecule has 114 heavy (non-hydrogen) atoms. The number of methoxy groups -OCH3 is 3. The quantitative estimate of drug-likeness (QED) is 0.0209. The number of aliphatic hydroxyl groups is 9. The fourth-order valence-electron chi connectivity index (χ4n) is 3.65. The first-order valence-electron chi connectivity index (χ1n) is 24.8. The first-order chi connectivity index (χ1) is 39.7. The van der Waals surface area contributed by atoms with E-state index in [0.29, 0.717) is 26.2 Å². The van der Waals surface area contributed by atoms with E-state index in [9.17, 15) is 57.5 Å². The first-order valence-corrected chi connectivity index (χ1v) is 24.8. The van der Waals surface area contributed by atoms with Crippen molar-refractivity contribution in [3.8, 4) is 0 Å². The van der Waals surface area contributed by atoms with Crippen LogP contribution in [0.1, 0.15) is 283 Å². The molecule has 2 heterocycles.